The van der Waals surface area contributed by atoms with Crippen LogP contribution in [0.25, 0.3) is 11.3 Å². The summed E-state index contributed by atoms with van der Waals surface area (Å²) in [6.45, 7) is 4.18. The molecule has 102 valence electrons. The first kappa shape index (κ1) is 14.5. The number of aromatic nitrogens is 1. The molecular weight excluding hydrogens is 355 g/mol. The maximum absolute atomic E-state index is 5.77. The fraction of sp³-hybridized carbons (Fsp3) is 0.357. The third-order valence-corrected chi connectivity index (χ3v) is 4.20. The van der Waals surface area contributed by atoms with Crippen LogP contribution >= 0.6 is 22.6 Å². The summed E-state index contributed by atoms with van der Waals surface area (Å²) in [5.74, 6) is 1.51. The molecule has 0 radical (unpaired) electrons. The van der Waals surface area contributed by atoms with Crippen molar-refractivity contribution in [3.05, 3.63) is 39.4 Å². The van der Waals surface area contributed by atoms with E-state index in [0.29, 0.717) is 19.0 Å². The van der Waals surface area contributed by atoms with Crippen LogP contribution in [0.15, 0.2) is 28.8 Å². The normalized spacial score (nSPS) is 10.9. The van der Waals surface area contributed by atoms with Gasteiger partial charge >= 0.3 is 0 Å². The Labute approximate surface area is 126 Å². The highest BCUT2D eigenvalue weighted by Gasteiger charge is 2.10. The van der Waals surface area contributed by atoms with Gasteiger partial charge in [-0.05, 0) is 35.1 Å². The van der Waals surface area contributed by atoms with E-state index < -0.39 is 0 Å². The SMILES string of the molecule is COCCNCc1ncc(-c2cccc(C)c2I)o1. The van der Waals surface area contributed by atoms with E-state index in [4.69, 9.17) is 9.15 Å². The maximum atomic E-state index is 5.77. The van der Waals surface area contributed by atoms with Gasteiger partial charge in [-0.25, -0.2) is 4.98 Å². The van der Waals surface area contributed by atoms with Crippen LogP contribution < -0.4 is 5.32 Å². The van der Waals surface area contributed by atoms with Crippen LogP contribution in [0.1, 0.15) is 11.5 Å². The lowest BCUT2D eigenvalue weighted by atomic mass is 10.1. The van der Waals surface area contributed by atoms with Crippen molar-refractivity contribution in [3.63, 3.8) is 0 Å². The molecule has 4 nitrogen and oxygen atoms in total. The number of oxazole rings is 1. The van der Waals surface area contributed by atoms with Crippen LogP contribution in [-0.2, 0) is 11.3 Å². The number of halogens is 1. The van der Waals surface area contributed by atoms with Crippen LogP contribution in [0.4, 0.5) is 0 Å². The topological polar surface area (TPSA) is 47.3 Å². The minimum atomic E-state index is 0.617. The average molecular weight is 372 g/mol. The predicted octanol–water partition coefficient (Wildman–Crippen LogP) is 2.99. The van der Waals surface area contributed by atoms with Gasteiger partial charge < -0.3 is 14.5 Å². The zero-order chi connectivity index (χ0) is 13.7. The van der Waals surface area contributed by atoms with Crippen LogP contribution in [-0.4, -0.2) is 25.2 Å². The molecule has 0 fully saturated rings. The molecule has 0 aliphatic carbocycles. The van der Waals surface area contributed by atoms with Gasteiger partial charge in [0.2, 0.25) is 5.89 Å². The molecule has 2 rings (SSSR count). The van der Waals surface area contributed by atoms with E-state index in [-0.39, 0.29) is 0 Å². The van der Waals surface area contributed by atoms with E-state index in [1.807, 2.05) is 6.07 Å². The van der Waals surface area contributed by atoms with Crippen molar-refractivity contribution in [3.8, 4) is 11.3 Å². The van der Waals surface area contributed by atoms with Crippen molar-refractivity contribution in [2.45, 2.75) is 13.5 Å². The lowest BCUT2D eigenvalue weighted by Crippen LogP contribution is -2.18. The van der Waals surface area contributed by atoms with E-state index in [1.54, 1.807) is 13.3 Å². The third kappa shape index (κ3) is 3.77. The first-order chi connectivity index (χ1) is 9.22. The van der Waals surface area contributed by atoms with Crippen molar-refractivity contribution in [2.75, 3.05) is 20.3 Å². The first-order valence-corrected chi connectivity index (χ1v) is 7.20. The molecule has 1 heterocycles. The van der Waals surface area contributed by atoms with Gasteiger partial charge in [0, 0.05) is 22.8 Å². The summed E-state index contributed by atoms with van der Waals surface area (Å²) in [6.07, 6.45) is 1.78. The minimum Gasteiger partial charge on any atom is -0.439 e. The number of nitrogens with one attached hydrogen (secondary N) is 1. The molecule has 0 unspecified atom stereocenters. The fourth-order valence-corrected chi connectivity index (χ4v) is 2.35. The summed E-state index contributed by atoms with van der Waals surface area (Å²) in [6, 6.07) is 6.18. The first-order valence-electron chi connectivity index (χ1n) is 6.12. The summed E-state index contributed by atoms with van der Waals surface area (Å²) in [4.78, 5) is 4.29. The van der Waals surface area contributed by atoms with Crippen molar-refractivity contribution >= 4 is 22.6 Å². The highest BCUT2D eigenvalue weighted by molar-refractivity contribution is 14.1. The zero-order valence-corrected chi connectivity index (χ0v) is 13.2. The van der Waals surface area contributed by atoms with Gasteiger partial charge in [-0.15, -0.1) is 0 Å². The molecule has 1 N–H and O–H groups in total. The second-order valence-electron chi connectivity index (χ2n) is 4.22. The lowest BCUT2D eigenvalue weighted by molar-refractivity contribution is 0.198. The number of benzene rings is 1. The molecule has 0 aliphatic rings. The molecule has 0 aliphatic heterocycles. The second-order valence-corrected chi connectivity index (χ2v) is 5.30. The van der Waals surface area contributed by atoms with Crippen LogP contribution in [0.3, 0.4) is 0 Å². The number of methoxy groups -OCH3 is 1. The van der Waals surface area contributed by atoms with E-state index >= 15 is 0 Å². The second kappa shape index (κ2) is 7.02. The Morgan fingerprint density at radius 3 is 3.05 bits per heavy atom. The monoisotopic (exact) mass is 372 g/mol. The van der Waals surface area contributed by atoms with E-state index in [0.717, 1.165) is 17.9 Å². The number of rotatable bonds is 6. The van der Waals surface area contributed by atoms with Crippen molar-refractivity contribution in [1.29, 1.82) is 0 Å². The Morgan fingerprint density at radius 2 is 2.26 bits per heavy atom. The summed E-state index contributed by atoms with van der Waals surface area (Å²) >= 11 is 2.34. The lowest BCUT2D eigenvalue weighted by Gasteiger charge is -2.03. The van der Waals surface area contributed by atoms with Crippen LogP contribution in [0.5, 0.6) is 0 Å². The van der Waals surface area contributed by atoms with E-state index in [1.165, 1.54) is 9.13 Å². The van der Waals surface area contributed by atoms with Crippen LogP contribution in [0, 0.1) is 10.5 Å². The van der Waals surface area contributed by atoms with Crippen molar-refractivity contribution in [2.24, 2.45) is 0 Å². The van der Waals surface area contributed by atoms with Crippen molar-refractivity contribution < 1.29 is 9.15 Å². The summed E-state index contributed by atoms with van der Waals surface area (Å²) < 4.78 is 11.9. The highest BCUT2D eigenvalue weighted by atomic mass is 127. The Morgan fingerprint density at radius 1 is 1.42 bits per heavy atom. The molecule has 0 spiro atoms. The summed E-state index contributed by atoms with van der Waals surface area (Å²) in [5.41, 5.74) is 2.34. The fourth-order valence-electron chi connectivity index (χ4n) is 1.72. The molecule has 19 heavy (non-hydrogen) atoms. The number of nitrogens with zero attached hydrogens (tertiary/aromatic N) is 1. The highest BCUT2D eigenvalue weighted by Crippen LogP contribution is 2.27. The Hall–Kier alpha value is -0.920. The summed E-state index contributed by atoms with van der Waals surface area (Å²) in [7, 11) is 1.69. The van der Waals surface area contributed by atoms with Crippen molar-refractivity contribution in [1.82, 2.24) is 10.3 Å². The van der Waals surface area contributed by atoms with E-state index in [9.17, 15) is 0 Å². The van der Waals surface area contributed by atoms with Gasteiger partial charge in [0.05, 0.1) is 19.3 Å². The van der Waals surface area contributed by atoms with E-state index in [2.05, 4.69) is 51.9 Å². The Bertz CT molecular complexity index is 540. The molecule has 2 aromatic rings. The molecule has 0 atom stereocenters. The van der Waals surface area contributed by atoms with Crippen LogP contribution in [0.2, 0.25) is 0 Å². The van der Waals surface area contributed by atoms with Gasteiger partial charge in [0.25, 0.3) is 0 Å². The Balaban J connectivity index is 2.06. The molecule has 0 amide bonds. The number of ether oxygens (including phenoxy) is 1. The number of hydrogen-bond acceptors (Lipinski definition) is 4. The molecule has 1 aromatic carbocycles. The smallest absolute Gasteiger partial charge is 0.208 e. The predicted molar refractivity (Wildman–Crippen MR) is 83.0 cm³/mol. The average Bonchev–Trinajstić information content (AvgIpc) is 2.87. The van der Waals surface area contributed by atoms with Gasteiger partial charge in [0.15, 0.2) is 5.76 Å². The third-order valence-electron chi connectivity index (χ3n) is 2.77. The molecule has 0 bridgehead atoms. The molecule has 0 saturated heterocycles. The van der Waals surface area contributed by atoms with Gasteiger partial charge in [0.1, 0.15) is 0 Å². The summed E-state index contributed by atoms with van der Waals surface area (Å²) in [5, 5.41) is 3.21. The molecule has 0 saturated carbocycles. The zero-order valence-electron chi connectivity index (χ0n) is 11.1. The minimum absolute atomic E-state index is 0.617. The number of hydrogen-bond donors (Lipinski definition) is 1. The molecule has 5 heteroatoms. The quantitative estimate of drug-likeness (QED) is 0.626. The standard InChI is InChI=1S/C14H17IN2O2/c1-10-4-3-5-11(14(10)15)12-8-17-13(19-12)9-16-6-7-18-2/h3-5,8,16H,6-7,9H2,1-2H3. The number of aryl methyl sites for hydroxylation is 1. The van der Waals surface area contributed by atoms with Gasteiger partial charge in [-0.1, -0.05) is 18.2 Å². The Kier molecular flexibility index (Phi) is 5.35. The van der Waals surface area contributed by atoms with Gasteiger partial charge in [-0.2, -0.15) is 0 Å². The largest absolute Gasteiger partial charge is 0.439 e. The maximum Gasteiger partial charge on any atom is 0.208 e. The molecular formula is C14H17IN2O2. The van der Waals surface area contributed by atoms with Gasteiger partial charge in [-0.3, -0.25) is 0 Å². The molecule has 1 aromatic heterocycles.